The van der Waals surface area contributed by atoms with Crippen molar-refractivity contribution in [2.45, 2.75) is 26.7 Å². The third-order valence-electron chi connectivity index (χ3n) is 3.36. The molecule has 1 aromatic heterocycles. The molecule has 1 unspecified atom stereocenters. The second kappa shape index (κ2) is 4.99. The molecule has 1 atom stereocenters. The van der Waals surface area contributed by atoms with E-state index in [0.717, 1.165) is 6.07 Å². The standard InChI is InChI=1S/C14H16F2N2O/c1-7(2)8(3)13-12(14(17)18-19-13)10-5-4-9(15)6-11(10)16/h4-8H,1-3H3,(H2,17,18). The van der Waals surface area contributed by atoms with Crippen LogP contribution in [0.1, 0.15) is 32.4 Å². The minimum Gasteiger partial charge on any atom is -0.380 e. The highest BCUT2D eigenvalue weighted by atomic mass is 19.1. The maximum absolute atomic E-state index is 13.9. The van der Waals surface area contributed by atoms with E-state index in [-0.39, 0.29) is 23.2 Å². The third kappa shape index (κ3) is 2.45. The Kier molecular flexibility index (Phi) is 3.55. The van der Waals surface area contributed by atoms with Gasteiger partial charge in [0.15, 0.2) is 5.82 Å². The Balaban J connectivity index is 2.58. The van der Waals surface area contributed by atoms with E-state index in [9.17, 15) is 8.78 Å². The highest BCUT2D eigenvalue weighted by molar-refractivity contribution is 5.76. The molecular weight excluding hydrogens is 250 g/mol. The average molecular weight is 266 g/mol. The lowest BCUT2D eigenvalue weighted by Gasteiger charge is -2.14. The predicted octanol–water partition coefficient (Wildman–Crippen LogP) is 3.96. The predicted molar refractivity (Wildman–Crippen MR) is 69.5 cm³/mol. The van der Waals surface area contributed by atoms with E-state index < -0.39 is 11.6 Å². The van der Waals surface area contributed by atoms with E-state index in [0.29, 0.717) is 11.3 Å². The van der Waals surface area contributed by atoms with E-state index in [4.69, 9.17) is 10.3 Å². The molecule has 0 bridgehead atoms. The molecule has 102 valence electrons. The average Bonchev–Trinajstić information content (AvgIpc) is 2.70. The number of nitrogens with two attached hydrogens (primary N) is 1. The van der Waals surface area contributed by atoms with Crippen molar-refractivity contribution in [3.05, 3.63) is 35.6 Å². The van der Waals surface area contributed by atoms with E-state index in [1.165, 1.54) is 12.1 Å². The summed E-state index contributed by atoms with van der Waals surface area (Å²) < 4.78 is 32.1. The summed E-state index contributed by atoms with van der Waals surface area (Å²) in [4.78, 5) is 0. The summed E-state index contributed by atoms with van der Waals surface area (Å²) in [6.45, 7) is 6.00. The Morgan fingerprint density at radius 2 is 1.89 bits per heavy atom. The lowest BCUT2D eigenvalue weighted by Crippen LogP contribution is -2.03. The van der Waals surface area contributed by atoms with Gasteiger partial charge < -0.3 is 10.3 Å². The Morgan fingerprint density at radius 1 is 1.21 bits per heavy atom. The van der Waals surface area contributed by atoms with Crippen LogP contribution in [0.2, 0.25) is 0 Å². The Labute approximate surface area is 110 Å². The largest absolute Gasteiger partial charge is 0.380 e. The van der Waals surface area contributed by atoms with Gasteiger partial charge in [0.25, 0.3) is 0 Å². The number of aromatic nitrogens is 1. The normalized spacial score (nSPS) is 12.9. The molecule has 19 heavy (non-hydrogen) atoms. The number of nitrogen functional groups attached to an aromatic ring is 1. The zero-order chi connectivity index (χ0) is 14.2. The smallest absolute Gasteiger partial charge is 0.175 e. The van der Waals surface area contributed by atoms with Crippen LogP contribution in [0.15, 0.2) is 22.7 Å². The molecule has 2 rings (SSSR count). The van der Waals surface area contributed by atoms with Crippen LogP contribution in [0.3, 0.4) is 0 Å². The number of hydrogen-bond donors (Lipinski definition) is 1. The summed E-state index contributed by atoms with van der Waals surface area (Å²) in [5, 5.41) is 3.70. The lowest BCUT2D eigenvalue weighted by atomic mass is 9.90. The van der Waals surface area contributed by atoms with Gasteiger partial charge >= 0.3 is 0 Å². The van der Waals surface area contributed by atoms with Gasteiger partial charge in [0.2, 0.25) is 0 Å². The first-order chi connectivity index (χ1) is 8.91. The number of anilines is 1. The van der Waals surface area contributed by atoms with E-state index in [1.807, 2.05) is 20.8 Å². The molecule has 1 aromatic carbocycles. The maximum Gasteiger partial charge on any atom is 0.175 e. The fraction of sp³-hybridized carbons (Fsp3) is 0.357. The minimum atomic E-state index is -0.674. The fourth-order valence-electron chi connectivity index (χ4n) is 1.89. The summed E-state index contributed by atoms with van der Waals surface area (Å²) in [6, 6.07) is 3.37. The van der Waals surface area contributed by atoms with Crippen molar-refractivity contribution in [2.75, 3.05) is 5.73 Å². The summed E-state index contributed by atoms with van der Waals surface area (Å²) in [7, 11) is 0. The van der Waals surface area contributed by atoms with Crippen LogP contribution < -0.4 is 5.73 Å². The third-order valence-corrected chi connectivity index (χ3v) is 3.36. The lowest BCUT2D eigenvalue weighted by molar-refractivity contribution is 0.341. The number of nitrogens with zero attached hydrogens (tertiary/aromatic N) is 1. The van der Waals surface area contributed by atoms with E-state index >= 15 is 0 Å². The number of rotatable bonds is 3. The van der Waals surface area contributed by atoms with Crippen LogP contribution in [-0.2, 0) is 0 Å². The first kappa shape index (κ1) is 13.5. The van der Waals surface area contributed by atoms with Crippen LogP contribution in [0.4, 0.5) is 14.6 Å². The molecule has 0 aliphatic rings. The van der Waals surface area contributed by atoms with Gasteiger partial charge in [0.1, 0.15) is 17.4 Å². The minimum absolute atomic E-state index is 0.0317. The van der Waals surface area contributed by atoms with Crippen molar-refractivity contribution < 1.29 is 13.3 Å². The summed E-state index contributed by atoms with van der Waals surface area (Å²) >= 11 is 0. The second-order valence-electron chi connectivity index (χ2n) is 4.96. The SMILES string of the molecule is CC(C)C(C)c1onc(N)c1-c1ccc(F)cc1F. The topological polar surface area (TPSA) is 52.0 Å². The molecule has 0 aliphatic heterocycles. The van der Waals surface area contributed by atoms with E-state index in [1.54, 1.807) is 0 Å². The molecule has 0 fully saturated rings. The molecule has 0 aliphatic carbocycles. The highest BCUT2D eigenvalue weighted by Gasteiger charge is 2.25. The Morgan fingerprint density at radius 3 is 2.47 bits per heavy atom. The van der Waals surface area contributed by atoms with Crippen LogP contribution in [0.25, 0.3) is 11.1 Å². The molecule has 2 aromatic rings. The molecule has 0 saturated heterocycles. The zero-order valence-corrected chi connectivity index (χ0v) is 11.1. The molecular formula is C14H16F2N2O. The molecule has 3 nitrogen and oxygen atoms in total. The van der Waals surface area contributed by atoms with Crippen molar-refractivity contribution >= 4 is 5.82 Å². The molecule has 0 spiro atoms. The summed E-state index contributed by atoms with van der Waals surface area (Å²) in [5.41, 5.74) is 6.38. The number of hydrogen-bond acceptors (Lipinski definition) is 3. The molecule has 2 N–H and O–H groups in total. The first-order valence-electron chi connectivity index (χ1n) is 6.12. The van der Waals surface area contributed by atoms with Crippen LogP contribution in [0.5, 0.6) is 0 Å². The zero-order valence-electron chi connectivity index (χ0n) is 11.1. The van der Waals surface area contributed by atoms with Gasteiger partial charge in [-0.2, -0.15) is 0 Å². The van der Waals surface area contributed by atoms with Gasteiger partial charge in [-0.25, -0.2) is 8.78 Å². The Bertz CT molecular complexity index is 593. The molecule has 0 amide bonds. The van der Waals surface area contributed by atoms with Crippen molar-refractivity contribution in [3.63, 3.8) is 0 Å². The fourth-order valence-corrected chi connectivity index (χ4v) is 1.89. The van der Waals surface area contributed by atoms with Crippen molar-refractivity contribution in [1.82, 2.24) is 5.16 Å². The van der Waals surface area contributed by atoms with Gasteiger partial charge in [0.05, 0.1) is 5.56 Å². The molecule has 0 saturated carbocycles. The van der Waals surface area contributed by atoms with Crippen molar-refractivity contribution in [3.8, 4) is 11.1 Å². The van der Waals surface area contributed by atoms with Crippen molar-refractivity contribution in [2.24, 2.45) is 5.92 Å². The van der Waals surface area contributed by atoms with Crippen LogP contribution in [-0.4, -0.2) is 5.16 Å². The number of halogens is 2. The van der Waals surface area contributed by atoms with Gasteiger partial charge in [-0.1, -0.05) is 25.9 Å². The molecule has 0 radical (unpaired) electrons. The monoisotopic (exact) mass is 266 g/mol. The summed E-state index contributed by atoms with van der Waals surface area (Å²) in [6.07, 6.45) is 0. The Hall–Kier alpha value is -1.91. The first-order valence-corrected chi connectivity index (χ1v) is 6.12. The van der Waals surface area contributed by atoms with Gasteiger partial charge in [0, 0.05) is 17.5 Å². The second-order valence-corrected chi connectivity index (χ2v) is 4.96. The van der Waals surface area contributed by atoms with Gasteiger partial charge in [-0.05, 0) is 18.1 Å². The van der Waals surface area contributed by atoms with E-state index in [2.05, 4.69) is 5.16 Å². The van der Waals surface area contributed by atoms with Crippen LogP contribution in [0, 0.1) is 17.6 Å². The highest BCUT2D eigenvalue weighted by Crippen LogP contribution is 2.38. The van der Waals surface area contributed by atoms with Crippen LogP contribution >= 0.6 is 0 Å². The maximum atomic E-state index is 13.9. The van der Waals surface area contributed by atoms with Gasteiger partial charge in [-0.15, -0.1) is 0 Å². The summed E-state index contributed by atoms with van der Waals surface area (Å²) in [5.74, 6) is -0.341. The molecule has 1 heterocycles. The number of benzene rings is 1. The van der Waals surface area contributed by atoms with Gasteiger partial charge in [-0.3, -0.25) is 0 Å². The van der Waals surface area contributed by atoms with Crippen molar-refractivity contribution in [1.29, 1.82) is 0 Å². The molecule has 5 heteroatoms. The quantitative estimate of drug-likeness (QED) is 0.914.